The third-order valence-electron chi connectivity index (χ3n) is 3.64. The molecule has 0 aromatic heterocycles. The van der Waals surface area contributed by atoms with Crippen molar-refractivity contribution in [2.75, 3.05) is 6.54 Å². The maximum atomic E-state index is 12.0. The fraction of sp³-hybridized carbons (Fsp3) is 0.533. The van der Waals surface area contributed by atoms with Crippen molar-refractivity contribution in [1.82, 2.24) is 0 Å². The molecule has 0 spiro atoms. The summed E-state index contributed by atoms with van der Waals surface area (Å²) in [5.74, 6) is 0.964. The van der Waals surface area contributed by atoms with Crippen molar-refractivity contribution in [2.24, 2.45) is 5.73 Å². The van der Waals surface area contributed by atoms with E-state index in [9.17, 15) is 4.79 Å². The standard InChI is InChI=1S/C15H21NO/c16-10-2-1-9-15(17)14-8-4-7-13(11-14)12-5-3-6-12/h4,7-8,11-12H,1-3,5-6,9-10,16H2. The van der Waals surface area contributed by atoms with Gasteiger partial charge in [-0.1, -0.05) is 24.6 Å². The Morgan fingerprint density at radius 1 is 1.29 bits per heavy atom. The minimum absolute atomic E-state index is 0.264. The van der Waals surface area contributed by atoms with Gasteiger partial charge in [-0.2, -0.15) is 0 Å². The number of carbonyl (C=O) groups is 1. The van der Waals surface area contributed by atoms with Crippen LogP contribution in [0.4, 0.5) is 0 Å². The molecule has 0 unspecified atom stereocenters. The second-order valence-corrected chi connectivity index (χ2v) is 4.92. The van der Waals surface area contributed by atoms with Crippen LogP contribution in [0.3, 0.4) is 0 Å². The molecule has 0 heterocycles. The highest BCUT2D eigenvalue weighted by Gasteiger charge is 2.20. The van der Waals surface area contributed by atoms with Gasteiger partial charge in [0.15, 0.2) is 5.78 Å². The molecule has 92 valence electrons. The van der Waals surface area contributed by atoms with Gasteiger partial charge in [0.05, 0.1) is 0 Å². The Morgan fingerprint density at radius 2 is 2.12 bits per heavy atom. The highest BCUT2D eigenvalue weighted by molar-refractivity contribution is 5.96. The van der Waals surface area contributed by atoms with Crippen LogP contribution in [0.25, 0.3) is 0 Å². The molecular weight excluding hydrogens is 210 g/mol. The van der Waals surface area contributed by atoms with Gasteiger partial charge in [-0.05, 0) is 49.8 Å². The van der Waals surface area contributed by atoms with Gasteiger partial charge in [0.25, 0.3) is 0 Å². The van der Waals surface area contributed by atoms with Gasteiger partial charge in [0.2, 0.25) is 0 Å². The predicted octanol–water partition coefficient (Wildman–Crippen LogP) is 3.27. The maximum absolute atomic E-state index is 12.0. The Kier molecular flexibility index (Phi) is 4.32. The zero-order valence-corrected chi connectivity index (χ0v) is 10.3. The number of benzene rings is 1. The van der Waals surface area contributed by atoms with Crippen LogP contribution in [0.2, 0.25) is 0 Å². The second kappa shape index (κ2) is 5.97. The van der Waals surface area contributed by atoms with Gasteiger partial charge >= 0.3 is 0 Å². The van der Waals surface area contributed by atoms with Crippen LogP contribution >= 0.6 is 0 Å². The largest absolute Gasteiger partial charge is 0.330 e. The molecule has 1 fully saturated rings. The van der Waals surface area contributed by atoms with E-state index in [0.717, 1.165) is 18.4 Å². The quantitative estimate of drug-likeness (QED) is 0.603. The molecule has 1 saturated carbocycles. The Morgan fingerprint density at radius 3 is 2.76 bits per heavy atom. The van der Waals surface area contributed by atoms with Crippen molar-refractivity contribution >= 4 is 5.78 Å². The number of hydrogen-bond donors (Lipinski definition) is 1. The van der Waals surface area contributed by atoms with Gasteiger partial charge in [-0.3, -0.25) is 4.79 Å². The molecular formula is C15H21NO. The average molecular weight is 231 g/mol. The van der Waals surface area contributed by atoms with E-state index < -0.39 is 0 Å². The first-order valence-electron chi connectivity index (χ1n) is 6.64. The summed E-state index contributed by atoms with van der Waals surface area (Å²) >= 11 is 0. The van der Waals surface area contributed by atoms with E-state index in [1.807, 2.05) is 12.1 Å². The minimum atomic E-state index is 0.264. The summed E-state index contributed by atoms with van der Waals surface area (Å²) in [6.45, 7) is 0.676. The summed E-state index contributed by atoms with van der Waals surface area (Å²) in [5, 5.41) is 0. The fourth-order valence-electron chi connectivity index (χ4n) is 2.28. The van der Waals surface area contributed by atoms with Crippen molar-refractivity contribution in [3.05, 3.63) is 35.4 Å². The lowest BCUT2D eigenvalue weighted by Gasteiger charge is -2.26. The number of nitrogens with two attached hydrogens (primary N) is 1. The zero-order valence-electron chi connectivity index (χ0n) is 10.3. The Labute approximate surface area is 103 Å². The molecule has 2 rings (SSSR count). The summed E-state index contributed by atoms with van der Waals surface area (Å²) in [6.07, 6.45) is 6.37. The van der Waals surface area contributed by atoms with Crippen LogP contribution in [0, 0.1) is 0 Å². The Hall–Kier alpha value is -1.15. The van der Waals surface area contributed by atoms with E-state index in [4.69, 9.17) is 5.73 Å². The number of carbonyl (C=O) groups excluding carboxylic acids is 1. The van der Waals surface area contributed by atoms with E-state index >= 15 is 0 Å². The molecule has 0 radical (unpaired) electrons. The van der Waals surface area contributed by atoms with Crippen molar-refractivity contribution in [3.8, 4) is 0 Å². The van der Waals surface area contributed by atoms with E-state index in [2.05, 4.69) is 12.1 Å². The number of hydrogen-bond acceptors (Lipinski definition) is 2. The maximum Gasteiger partial charge on any atom is 0.162 e. The summed E-state index contributed by atoms with van der Waals surface area (Å²) in [4.78, 5) is 12.0. The number of ketones is 1. The predicted molar refractivity (Wildman–Crippen MR) is 70.3 cm³/mol. The van der Waals surface area contributed by atoms with E-state index in [-0.39, 0.29) is 5.78 Å². The highest BCUT2D eigenvalue weighted by Crippen LogP contribution is 2.36. The van der Waals surface area contributed by atoms with E-state index in [1.165, 1.54) is 24.8 Å². The van der Waals surface area contributed by atoms with Crippen molar-refractivity contribution in [2.45, 2.75) is 44.4 Å². The first kappa shape index (κ1) is 12.3. The van der Waals surface area contributed by atoms with Crippen LogP contribution in [0.1, 0.15) is 60.4 Å². The molecule has 1 aromatic rings. The molecule has 0 atom stereocenters. The van der Waals surface area contributed by atoms with Gasteiger partial charge in [0, 0.05) is 12.0 Å². The lowest BCUT2D eigenvalue weighted by Crippen LogP contribution is -2.10. The van der Waals surface area contributed by atoms with E-state index in [0.29, 0.717) is 18.9 Å². The lowest BCUT2D eigenvalue weighted by molar-refractivity contribution is 0.0979. The normalized spacial score (nSPS) is 15.6. The van der Waals surface area contributed by atoms with Gasteiger partial charge in [0.1, 0.15) is 0 Å². The average Bonchev–Trinajstić information content (AvgIpc) is 2.27. The summed E-state index contributed by atoms with van der Waals surface area (Å²) in [5.41, 5.74) is 7.66. The van der Waals surface area contributed by atoms with Gasteiger partial charge in [-0.15, -0.1) is 0 Å². The van der Waals surface area contributed by atoms with Crippen LogP contribution in [-0.4, -0.2) is 12.3 Å². The smallest absolute Gasteiger partial charge is 0.162 e. The first-order valence-corrected chi connectivity index (χ1v) is 6.64. The molecule has 0 aliphatic heterocycles. The minimum Gasteiger partial charge on any atom is -0.330 e. The van der Waals surface area contributed by atoms with Crippen molar-refractivity contribution in [1.29, 1.82) is 0 Å². The van der Waals surface area contributed by atoms with Gasteiger partial charge in [-0.25, -0.2) is 0 Å². The monoisotopic (exact) mass is 231 g/mol. The fourth-order valence-corrected chi connectivity index (χ4v) is 2.28. The molecule has 17 heavy (non-hydrogen) atoms. The van der Waals surface area contributed by atoms with Crippen LogP contribution in [0.15, 0.2) is 24.3 Å². The third-order valence-corrected chi connectivity index (χ3v) is 3.64. The summed E-state index contributed by atoms with van der Waals surface area (Å²) < 4.78 is 0. The van der Waals surface area contributed by atoms with Crippen LogP contribution < -0.4 is 5.73 Å². The number of Topliss-reactive ketones (excluding diaryl/α,β-unsaturated/α-hetero) is 1. The molecule has 2 nitrogen and oxygen atoms in total. The zero-order chi connectivity index (χ0) is 12.1. The molecule has 1 aromatic carbocycles. The van der Waals surface area contributed by atoms with Crippen molar-refractivity contribution < 1.29 is 4.79 Å². The topological polar surface area (TPSA) is 43.1 Å². The molecule has 0 amide bonds. The summed E-state index contributed by atoms with van der Waals surface area (Å²) in [7, 11) is 0. The molecule has 2 heteroatoms. The molecule has 0 saturated heterocycles. The highest BCUT2D eigenvalue weighted by atomic mass is 16.1. The molecule has 1 aliphatic rings. The van der Waals surface area contributed by atoms with Crippen LogP contribution in [0.5, 0.6) is 0 Å². The van der Waals surface area contributed by atoms with Crippen LogP contribution in [-0.2, 0) is 0 Å². The summed E-state index contributed by atoms with van der Waals surface area (Å²) in [6, 6.07) is 8.20. The first-order chi connectivity index (χ1) is 8.31. The SMILES string of the molecule is NCCCCC(=O)c1cccc(C2CCC2)c1. The Bertz CT molecular complexity index is 382. The molecule has 0 bridgehead atoms. The van der Waals surface area contributed by atoms with Crippen molar-refractivity contribution in [3.63, 3.8) is 0 Å². The lowest BCUT2D eigenvalue weighted by atomic mass is 9.79. The number of rotatable bonds is 6. The van der Waals surface area contributed by atoms with Gasteiger partial charge < -0.3 is 5.73 Å². The molecule has 1 aliphatic carbocycles. The molecule has 2 N–H and O–H groups in total. The second-order valence-electron chi connectivity index (χ2n) is 4.92. The Balaban J connectivity index is 1.97. The van der Waals surface area contributed by atoms with E-state index in [1.54, 1.807) is 0 Å². The third kappa shape index (κ3) is 3.16. The number of unbranched alkanes of at least 4 members (excludes halogenated alkanes) is 1.